The molecule has 0 radical (unpaired) electrons. The number of rotatable bonds is 7. The summed E-state index contributed by atoms with van der Waals surface area (Å²) in [7, 11) is 0. The van der Waals surface area contributed by atoms with Crippen molar-refractivity contribution in [3.63, 3.8) is 0 Å². The van der Waals surface area contributed by atoms with E-state index in [1.54, 1.807) is 18.2 Å². The molecule has 164 valence electrons. The van der Waals surface area contributed by atoms with Crippen LogP contribution in [0.25, 0.3) is 0 Å². The molecule has 1 saturated heterocycles. The van der Waals surface area contributed by atoms with Crippen LogP contribution >= 0.6 is 0 Å². The van der Waals surface area contributed by atoms with Crippen LogP contribution in [0.4, 0.5) is 5.69 Å². The van der Waals surface area contributed by atoms with Crippen LogP contribution in [-0.4, -0.2) is 39.4 Å². The van der Waals surface area contributed by atoms with Crippen LogP contribution < -0.4 is 5.32 Å². The number of hydrogen-bond donors (Lipinski definition) is 1. The molecule has 2 aromatic carbocycles. The standard InChI is InChI=1S/C23H21N3O6/c27-18(12-15-1-5-17(6-2-15)26(31)32)7-3-14-4-8-19-16(11-14)13-25(23(19)30)20-9-10-21(28)24-22(20)29/h1-2,4-6,8,11,20H,3,7,9-10,12-13H2,(H,24,28,29). The van der Waals surface area contributed by atoms with E-state index in [0.717, 1.165) is 16.7 Å². The monoisotopic (exact) mass is 435 g/mol. The van der Waals surface area contributed by atoms with E-state index in [2.05, 4.69) is 5.32 Å². The molecule has 1 unspecified atom stereocenters. The van der Waals surface area contributed by atoms with Gasteiger partial charge in [-0.05, 0) is 35.6 Å². The van der Waals surface area contributed by atoms with Gasteiger partial charge < -0.3 is 4.90 Å². The molecule has 4 rings (SSSR count). The van der Waals surface area contributed by atoms with Crippen LogP contribution in [0.3, 0.4) is 0 Å². The number of carbonyl (C=O) groups excluding carboxylic acids is 4. The number of benzene rings is 2. The van der Waals surface area contributed by atoms with Crippen LogP contribution in [0.15, 0.2) is 42.5 Å². The van der Waals surface area contributed by atoms with Crippen LogP contribution in [-0.2, 0) is 33.8 Å². The molecule has 1 atom stereocenters. The first kappa shape index (κ1) is 21.4. The highest BCUT2D eigenvalue weighted by Gasteiger charge is 2.39. The Bertz CT molecular complexity index is 1130. The maximum atomic E-state index is 12.7. The molecule has 2 aliphatic rings. The molecule has 32 heavy (non-hydrogen) atoms. The lowest BCUT2D eigenvalue weighted by Crippen LogP contribution is -2.52. The molecule has 0 saturated carbocycles. The highest BCUT2D eigenvalue weighted by Crippen LogP contribution is 2.28. The third-order valence-electron chi connectivity index (χ3n) is 5.83. The van der Waals surface area contributed by atoms with Gasteiger partial charge in [-0.1, -0.05) is 24.3 Å². The summed E-state index contributed by atoms with van der Waals surface area (Å²) in [5, 5.41) is 13.0. The number of nitro benzene ring substituents is 1. The van der Waals surface area contributed by atoms with Crippen molar-refractivity contribution in [3.8, 4) is 0 Å². The molecule has 0 aromatic heterocycles. The Hall–Kier alpha value is -3.88. The number of carbonyl (C=O) groups is 4. The lowest BCUT2D eigenvalue weighted by Gasteiger charge is -2.29. The van der Waals surface area contributed by atoms with E-state index < -0.39 is 16.9 Å². The molecule has 0 spiro atoms. The lowest BCUT2D eigenvalue weighted by molar-refractivity contribution is -0.384. The second-order valence-corrected chi connectivity index (χ2v) is 8.03. The maximum Gasteiger partial charge on any atom is 0.269 e. The number of nitro groups is 1. The summed E-state index contributed by atoms with van der Waals surface area (Å²) in [4.78, 5) is 60.3. The number of piperidine rings is 1. The van der Waals surface area contributed by atoms with Crippen molar-refractivity contribution >= 4 is 29.2 Å². The summed E-state index contributed by atoms with van der Waals surface area (Å²) in [6, 6.07) is 10.7. The van der Waals surface area contributed by atoms with Crippen molar-refractivity contribution in [2.45, 2.75) is 44.7 Å². The van der Waals surface area contributed by atoms with E-state index in [1.165, 1.54) is 17.0 Å². The van der Waals surface area contributed by atoms with E-state index >= 15 is 0 Å². The van der Waals surface area contributed by atoms with Crippen LogP contribution in [0, 0.1) is 10.1 Å². The minimum atomic E-state index is -0.653. The van der Waals surface area contributed by atoms with Gasteiger partial charge in [-0.3, -0.25) is 34.6 Å². The minimum absolute atomic E-state index is 0.0137. The molecule has 2 aliphatic heterocycles. The number of imide groups is 1. The number of ketones is 1. The lowest BCUT2D eigenvalue weighted by atomic mass is 9.99. The third kappa shape index (κ3) is 4.41. The van der Waals surface area contributed by atoms with Crippen molar-refractivity contribution in [2.24, 2.45) is 0 Å². The van der Waals surface area contributed by atoms with Crippen LogP contribution in [0.1, 0.15) is 46.3 Å². The molecule has 2 aromatic rings. The summed E-state index contributed by atoms with van der Waals surface area (Å²) >= 11 is 0. The molecular weight excluding hydrogens is 414 g/mol. The summed E-state index contributed by atoms with van der Waals surface area (Å²) in [6.45, 7) is 0.297. The molecule has 3 amide bonds. The Balaban J connectivity index is 1.36. The molecule has 9 heteroatoms. The number of aryl methyl sites for hydroxylation is 1. The number of non-ortho nitro benzene ring substituents is 1. The van der Waals surface area contributed by atoms with Crippen molar-refractivity contribution in [3.05, 3.63) is 74.8 Å². The van der Waals surface area contributed by atoms with Gasteiger partial charge in [-0.15, -0.1) is 0 Å². The van der Waals surface area contributed by atoms with Gasteiger partial charge in [-0.25, -0.2) is 0 Å². The van der Waals surface area contributed by atoms with Crippen LogP contribution in [0.2, 0.25) is 0 Å². The average Bonchev–Trinajstić information content (AvgIpc) is 3.08. The second kappa shape index (κ2) is 8.70. The minimum Gasteiger partial charge on any atom is -0.322 e. The largest absolute Gasteiger partial charge is 0.322 e. The second-order valence-electron chi connectivity index (χ2n) is 8.03. The molecule has 1 N–H and O–H groups in total. The molecule has 9 nitrogen and oxygen atoms in total. The fourth-order valence-corrected chi connectivity index (χ4v) is 4.12. The maximum absolute atomic E-state index is 12.7. The quantitative estimate of drug-likeness (QED) is 0.403. The van der Waals surface area contributed by atoms with Gasteiger partial charge in [0.25, 0.3) is 11.6 Å². The number of hydrogen-bond acceptors (Lipinski definition) is 6. The molecule has 1 fully saturated rings. The molecule has 0 aliphatic carbocycles. The van der Waals surface area contributed by atoms with E-state index in [-0.39, 0.29) is 36.1 Å². The molecular formula is C23H21N3O6. The van der Waals surface area contributed by atoms with E-state index in [0.29, 0.717) is 31.4 Å². The highest BCUT2D eigenvalue weighted by molar-refractivity contribution is 6.05. The fourth-order valence-electron chi connectivity index (χ4n) is 4.12. The van der Waals surface area contributed by atoms with Gasteiger partial charge in [0.05, 0.1) is 4.92 Å². The van der Waals surface area contributed by atoms with E-state index in [4.69, 9.17) is 0 Å². The number of nitrogens with one attached hydrogen (secondary N) is 1. The number of Topliss-reactive ketones (excluding diaryl/α,β-unsaturated/α-hetero) is 1. The smallest absolute Gasteiger partial charge is 0.269 e. The first-order valence-corrected chi connectivity index (χ1v) is 10.3. The normalized spacial score (nSPS) is 17.8. The SMILES string of the molecule is O=C(CCc1ccc2c(c1)CN(C1CCC(=O)NC1=O)C2=O)Cc1ccc([N+](=O)[O-])cc1. The zero-order chi connectivity index (χ0) is 22.8. The Labute approximate surface area is 183 Å². The Kier molecular flexibility index (Phi) is 5.81. The van der Waals surface area contributed by atoms with Crippen molar-refractivity contribution < 1.29 is 24.1 Å². The first-order valence-electron chi connectivity index (χ1n) is 10.3. The topological polar surface area (TPSA) is 127 Å². The Morgan fingerprint density at radius 1 is 1.09 bits per heavy atom. The first-order chi connectivity index (χ1) is 15.3. The Morgan fingerprint density at radius 2 is 1.81 bits per heavy atom. The predicted molar refractivity (Wildman–Crippen MR) is 113 cm³/mol. The van der Waals surface area contributed by atoms with Gasteiger partial charge in [0.1, 0.15) is 11.8 Å². The summed E-state index contributed by atoms with van der Waals surface area (Å²) in [6.07, 6.45) is 1.53. The molecule has 2 heterocycles. The van der Waals surface area contributed by atoms with Crippen molar-refractivity contribution in [1.29, 1.82) is 0 Å². The number of amides is 3. The van der Waals surface area contributed by atoms with Gasteiger partial charge in [-0.2, -0.15) is 0 Å². The van der Waals surface area contributed by atoms with Crippen LogP contribution in [0.5, 0.6) is 0 Å². The summed E-state index contributed by atoms with van der Waals surface area (Å²) < 4.78 is 0. The molecule has 0 bridgehead atoms. The van der Waals surface area contributed by atoms with Gasteiger partial charge in [0.2, 0.25) is 11.8 Å². The van der Waals surface area contributed by atoms with Gasteiger partial charge >= 0.3 is 0 Å². The predicted octanol–water partition coefficient (Wildman–Crippen LogP) is 2.10. The van der Waals surface area contributed by atoms with Gasteiger partial charge in [0, 0.05) is 43.5 Å². The van der Waals surface area contributed by atoms with Crippen molar-refractivity contribution in [2.75, 3.05) is 0 Å². The number of nitrogens with zero attached hydrogens (tertiary/aromatic N) is 2. The number of fused-ring (bicyclic) bond motifs is 1. The fraction of sp³-hybridized carbons (Fsp3) is 0.304. The Morgan fingerprint density at radius 3 is 2.50 bits per heavy atom. The zero-order valence-corrected chi connectivity index (χ0v) is 17.2. The van der Waals surface area contributed by atoms with Gasteiger partial charge in [0.15, 0.2) is 0 Å². The van der Waals surface area contributed by atoms with E-state index in [9.17, 15) is 29.3 Å². The summed E-state index contributed by atoms with van der Waals surface area (Å²) in [5.41, 5.74) is 2.97. The van der Waals surface area contributed by atoms with E-state index in [1.807, 2.05) is 12.1 Å². The average molecular weight is 435 g/mol. The summed E-state index contributed by atoms with van der Waals surface area (Å²) in [5.74, 6) is -0.980. The third-order valence-corrected chi connectivity index (χ3v) is 5.83. The highest BCUT2D eigenvalue weighted by atomic mass is 16.6. The zero-order valence-electron chi connectivity index (χ0n) is 17.2. The van der Waals surface area contributed by atoms with Crippen molar-refractivity contribution in [1.82, 2.24) is 10.2 Å².